The molecule has 0 aliphatic carbocycles. The molecule has 4 nitrogen and oxygen atoms in total. The Hall–Kier alpha value is -1.29. The number of aromatic nitrogens is 3. The van der Waals surface area contributed by atoms with Crippen molar-refractivity contribution in [2.24, 2.45) is 0 Å². The third-order valence-corrected chi connectivity index (χ3v) is 1.93. The van der Waals surface area contributed by atoms with Crippen LogP contribution in [0.4, 0.5) is 0 Å². The van der Waals surface area contributed by atoms with E-state index in [9.17, 15) is 0 Å². The second-order valence-electron chi connectivity index (χ2n) is 3.26. The van der Waals surface area contributed by atoms with E-state index < -0.39 is 0 Å². The number of hydrogen-bond donors (Lipinski definition) is 1. The lowest BCUT2D eigenvalue weighted by atomic mass is 10.3. The average molecular weight is 212 g/mol. The van der Waals surface area contributed by atoms with Crippen molar-refractivity contribution in [1.29, 1.82) is 0 Å². The average Bonchev–Trinajstić information content (AvgIpc) is 2.50. The number of rotatable bonds is 2. The van der Waals surface area contributed by atoms with Crippen LogP contribution in [0.3, 0.4) is 0 Å². The van der Waals surface area contributed by atoms with Crippen LogP contribution in [0.2, 0.25) is 5.02 Å². The first-order valence-corrected chi connectivity index (χ1v) is 4.71. The summed E-state index contributed by atoms with van der Waals surface area (Å²) < 4.78 is 5.56. The maximum absolute atomic E-state index is 5.90. The Kier molecular flexibility index (Phi) is 2.29. The van der Waals surface area contributed by atoms with Crippen LogP contribution < -0.4 is 4.74 Å². The molecule has 14 heavy (non-hydrogen) atoms. The summed E-state index contributed by atoms with van der Waals surface area (Å²) in [5.74, 6) is 0.663. The topological polar surface area (TPSA) is 50.8 Å². The van der Waals surface area contributed by atoms with Crippen LogP contribution in [0.1, 0.15) is 13.8 Å². The summed E-state index contributed by atoms with van der Waals surface area (Å²) in [7, 11) is 0. The molecule has 0 atom stereocenters. The number of ether oxygens (including phenoxy) is 1. The summed E-state index contributed by atoms with van der Waals surface area (Å²) >= 11 is 5.90. The predicted octanol–water partition coefficient (Wildman–Crippen LogP) is 2.40. The van der Waals surface area contributed by atoms with Gasteiger partial charge in [0.05, 0.1) is 6.10 Å². The molecule has 2 aromatic rings. The van der Waals surface area contributed by atoms with E-state index in [1.54, 1.807) is 12.1 Å². The first-order valence-electron chi connectivity index (χ1n) is 4.33. The Bertz CT molecular complexity index is 452. The van der Waals surface area contributed by atoms with Gasteiger partial charge < -0.3 is 4.74 Å². The minimum absolute atomic E-state index is 0.0911. The maximum atomic E-state index is 5.90. The maximum Gasteiger partial charge on any atom is 0.154 e. The van der Waals surface area contributed by atoms with E-state index in [2.05, 4.69) is 15.4 Å². The molecule has 0 saturated carbocycles. The summed E-state index contributed by atoms with van der Waals surface area (Å²) in [5.41, 5.74) is 1.43. The molecular formula is C9H10ClN3O. The largest absolute Gasteiger partial charge is 0.489 e. The third-order valence-electron chi connectivity index (χ3n) is 1.71. The van der Waals surface area contributed by atoms with Crippen LogP contribution >= 0.6 is 11.6 Å². The summed E-state index contributed by atoms with van der Waals surface area (Å²) in [5, 5.41) is 11.1. The van der Waals surface area contributed by atoms with Gasteiger partial charge in [0.15, 0.2) is 11.3 Å². The zero-order valence-electron chi connectivity index (χ0n) is 7.91. The monoisotopic (exact) mass is 211 g/mol. The second-order valence-corrected chi connectivity index (χ2v) is 3.70. The fraction of sp³-hybridized carbons (Fsp3) is 0.333. The molecule has 0 spiro atoms. The quantitative estimate of drug-likeness (QED) is 0.830. The molecule has 1 heterocycles. The highest BCUT2D eigenvalue weighted by Gasteiger charge is 2.09. The Morgan fingerprint density at radius 1 is 1.36 bits per heavy atom. The summed E-state index contributed by atoms with van der Waals surface area (Å²) in [6, 6.07) is 3.49. The number of fused-ring (bicyclic) bond motifs is 1. The molecule has 1 aromatic carbocycles. The zero-order chi connectivity index (χ0) is 10.1. The van der Waals surface area contributed by atoms with Crippen LogP contribution in [0.5, 0.6) is 5.75 Å². The van der Waals surface area contributed by atoms with Crippen LogP contribution in [0.15, 0.2) is 12.1 Å². The highest BCUT2D eigenvalue weighted by molar-refractivity contribution is 6.31. The Morgan fingerprint density at radius 2 is 2.14 bits per heavy atom. The van der Waals surface area contributed by atoms with Gasteiger partial charge in [-0.15, -0.1) is 0 Å². The number of benzene rings is 1. The van der Waals surface area contributed by atoms with Gasteiger partial charge in [0.2, 0.25) is 0 Å². The Balaban J connectivity index is 2.55. The van der Waals surface area contributed by atoms with Crippen LogP contribution in [-0.4, -0.2) is 21.5 Å². The van der Waals surface area contributed by atoms with Crippen molar-refractivity contribution in [3.8, 4) is 5.75 Å². The lowest BCUT2D eigenvalue weighted by Gasteiger charge is -2.09. The van der Waals surface area contributed by atoms with Crippen LogP contribution in [0.25, 0.3) is 11.0 Å². The molecule has 0 radical (unpaired) electrons. The molecule has 74 valence electrons. The first kappa shape index (κ1) is 9.27. The van der Waals surface area contributed by atoms with Crippen molar-refractivity contribution in [3.63, 3.8) is 0 Å². The van der Waals surface area contributed by atoms with Crippen molar-refractivity contribution < 1.29 is 4.74 Å². The van der Waals surface area contributed by atoms with Crippen molar-refractivity contribution in [1.82, 2.24) is 15.4 Å². The van der Waals surface area contributed by atoms with Gasteiger partial charge in [0, 0.05) is 11.1 Å². The Morgan fingerprint density at radius 3 is 2.86 bits per heavy atom. The fourth-order valence-electron chi connectivity index (χ4n) is 1.23. The zero-order valence-corrected chi connectivity index (χ0v) is 8.67. The predicted molar refractivity (Wildman–Crippen MR) is 54.7 cm³/mol. The highest BCUT2D eigenvalue weighted by Crippen LogP contribution is 2.27. The minimum Gasteiger partial charge on any atom is -0.489 e. The van der Waals surface area contributed by atoms with Gasteiger partial charge >= 0.3 is 0 Å². The van der Waals surface area contributed by atoms with Gasteiger partial charge in [-0.3, -0.25) is 0 Å². The molecule has 0 amide bonds. The molecular weight excluding hydrogens is 202 g/mol. The van der Waals surface area contributed by atoms with Gasteiger partial charge in [0.1, 0.15) is 5.52 Å². The fourth-order valence-corrected chi connectivity index (χ4v) is 1.43. The number of nitrogens with one attached hydrogen (secondary N) is 1. The van der Waals surface area contributed by atoms with Gasteiger partial charge in [-0.2, -0.15) is 15.4 Å². The summed E-state index contributed by atoms with van der Waals surface area (Å²) in [4.78, 5) is 0. The molecule has 0 unspecified atom stereocenters. The van der Waals surface area contributed by atoms with E-state index >= 15 is 0 Å². The van der Waals surface area contributed by atoms with Gasteiger partial charge in [0.25, 0.3) is 0 Å². The second kappa shape index (κ2) is 3.46. The van der Waals surface area contributed by atoms with Gasteiger partial charge in [-0.25, -0.2) is 0 Å². The molecule has 5 heteroatoms. The highest BCUT2D eigenvalue weighted by atomic mass is 35.5. The molecule has 1 aromatic heterocycles. The van der Waals surface area contributed by atoms with Crippen molar-refractivity contribution in [2.75, 3.05) is 0 Å². The third kappa shape index (κ3) is 1.65. The Labute approximate surface area is 86.2 Å². The standard InChI is InChI=1S/C9H10ClN3O/c1-5(2)14-8-4-6(10)3-7-9(8)12-13-11-7/h3-5H,1-2H3,(H,11,12,13). The van der Waals surface area contributed by atoms with Gasteiger partial charge in [-0.1, -0.05) is 11.6 Å². The molecule has 1 N–H and O–H groups in total. The molecule has 0 aliphatic heterocycles. The van der Waals surface area contributed by atoms with Crippen molar-refractivity contribution in [3.05, 3.63) is 17.2 Å². The first-order chi connectivity index (χ1) is 6.66. The van der Waals surface area contributed by atoms with E-state index in [1.807, 2.05) is 13.8 Å². The molecule has 2 rings (SSSR count). The lowest BCUT2D eigenvalue weighted by Crippen LogP contribution is -2.05. The smallest absolute Gasteiger partial charge is 0.154 e. The van der Waals surface area contributed by atoms with E-state index in [4.69, 9.17) is 16.3 Å². The van der Waals surface area contributed by atoms with Crippen LogP contribution in [0, 0.1) is 0 Å². The minimum atomic E-state index is 0.0911. The van der Waals surface area contributed by atoms with E-state index in [0.717, 1.165) is 0 Å². The molecule has 0 bridgehead atoms. The van der Waals surface area contributed by atoms with E-state index in [-0.39, 0.29) is 6.10 Å². The van der Waals surface area contributed by atoms with Crippen molar-refractivity contribution in [2.45, 2.75) is 20.0 Å². The lowest BCUT2D eigenvalue weighted by molar-refractivity contribution is 0.245. The van der Waals surface area contributed by atoms with Gasteiger partial charge in [-0.05, 0) is 19.9 Å². The number of halogens is 1. The SMILES string of the molecule is CC(C)Oc1cc(Cl)cc2n[nH]nc12. The van der Waals surface area contributed by atoms with E-state index in [0.29, 0.717) is 21.8 Å². The molecule has 0 aliphatic rings. The number of aromatic amines is 1. The van der Waals surface area contributed by atoms with E-state index in [1.165, 1.54) is 0 Å². The summed E-state index contributed by atoms with van der Waals surface area (Å²) in [6.45, 7) is 3.90. The molecule has 0 fully saturated rings. The summed E-state index contributed by atoms with van der Waals surface area (Å²) in [6.07, 6.45) is 0.0911. The molecule has 0 saturated heterocycles. The van der Waals surface area contributed by atoms with Crippen molar-refractivity contribution >= 4 is 22.6 Å². The number of H-pyrrole nitrogens is 1. The number of hydrogen-bond acceptors (Lipinski definition) is 3. The number of nitrogens with zero attached hydrogens (tertiary/aromatic N) is 2. The normalized spacial score (nSPS) is 11.1. The van der Waals surface area contributed by atoms with Crippen LogP contribution in [-0.2, 0) is 0 Å².